The van der Waals surface area contributed by atoms with Crippen LogP contribution in [0.25, 0.3) is 16.8 Å². The molecular formula is C26H27N7O3S. The van der Waals surface area contributed by atoms with E-state index >= 15 is 0 Å². The minimum absolute atomic E-state index is 0.0825. The van der Waals surface area contributed by atoms with Crippen molar-refractivity contribution in [2.24, 2.45) is 0 Å². The van der Waals surface area contributed by atoms with Crippen LogP contribution < -0.4 is 15.8 Å². The summed E-state index contributed by atoms with van der Waals surface area (Å²) in [5, 5.41) is 3.37. The number of nitrogen functional groups attached to an aromatic ring is 1. The molecule has 2 amide bonds. The van der Waals surface area contributed by atoms with E-state index < -0.39 is 0 Å². The van der Waals surface area contributed by atoms with Gasteiger partial charge in [0.1, 0.15) is 28.6 Å². The van der Waals surface area contributed by atoms with Crippen molar-refractivity contribution < 1.29 is 14.3 Å². The van der Waals surface area contributed by atoms with Gasteiger partial charge in [0.15, 0.2) is 5.13 Å². The third-order valence-corrected chi connectivity index (χ3v) is 8.08. The highest BCUT2D eigenvalue weighted by atomic mass is 32.1. The van der Waals surface area contributed by atoms with E-state index in [0.717, 1.165) is 30.0 Å². The standard InChI is InChI=1S/C26H27N7O3S/c1-14-12-29-26(37-14)31-25(35)15-4-7-18(19(11-15)36-2)21-22-23(27)28-9-10-32(22)24(30-21)16-3-5-17-6-8-20(34)33(17)13-16/h4,7,9-12,16-17H,3,5-6,8,13H2,1-2H3,(H2,27,28)(H,29,31,35)/t16-,17+/m1/s1. The molecule has 0 unspecified atom stereocenters. The van der Waals surface area contributed by atoms with E-state index in [9.17, 15) is 9.59 Å². The third kappa shape index (κ3) is 4.08. The highest BCUT2D eigenvalue weighted by Gasteiger charge is 2.38. The lowest BCUT2D eigenvalue weighted by Crippen LogP contribution is -2.41. The highest BCUT2D eigenvalue weighted by Crippen LogP contribution is 2.40. The molecule has 5 heterocycles. The van der Waals surface area contributed by atoms with Gasteiger partial charge in [0, 0.05) is 59.5 Å². The number of anilines is 2. The van der Waals surface area contributed by atoms with E-state index in [1.807, 2.05) is 28.5 Å². The second kappa shape index (κ2) is 9.15. The minimum Gasteiger partial charge on any atom is -0.496 e. The van der Waals surface area contributed by atoms with Gasteiger partial charge >= 0.3 is 0 Å². The number of carbonyl (C=O) groups excluding carboxylic acids is 2. The molecule has 2 saturated heterocycles. The zero-order chi connectivity index (χ0) is 25.7. The number of ether oxygens (including phenoxy) is 1. The summed E-state index contributed by atoms with van der Waals surface area (Å²) < 4.78 is 7.68. The molecule has 2 aliphatic heterocycles. The van der Waals surface area contributed by atoms with Gasteiger partial charge in [-0.05, 0) is 44.4 Å². The van der Waals surface area contributed by atoms with Crippen LogP contribution in [0.5, 0.6) is 5.75 Å². The first-order valence-electron chi connectivity index (χ1n) is 12.3. The lowest BCUT2D eigenvalue weighted by atomic mass is 9.92. The SMILES string of the molecule is COc1cc(C(=O)Nc2ncc(C)s2)ccc1-c1nc([C@@H]2CC[C@H]3CCC(=O)N3C2)n2ccnc(N)c12. The zero-order valence-corrected chi connectivity index (χ0v) is 21.4. The van der Waals surface area contributed by atoms with Crippen LogP contribution >= 0.6 is 11.3 Å². The van der Waals surface area contributed by atoms with Crippen LogP contribution in [0.3, 0.4) is 0 Å². The van der Waals surface area contributed by atoms with Crippen LogP contribution in [0.1, 0.15) is 52.7 Å². The van der Waals surface area contributed by atoms with Gasteiger partial charge < -0.3 is 15.4 Å². The Morgan fingerprint density at radius 3 is 2.89 bits per heavy atom. The second-order valence-electron chi connectivity index (χ2n) is 9.51. The lowest BCUT2D eigenvalue weighted by Gasteiger charge is -2.34. The van der Waals surface area contributed by atoms with Gasteiger partial charge in [-0.15, -0.1) is 11.3 Å². The van der Waals surface area contributed by atoms with Crippen molar-refractivity contribution in [3.63, 3.8) is 0 Å². The first-order chi connectivity index (χ1) is 17.9. The molecule has 2 fully saturated rings. The Kier molecular flexibility index (Phi) is 5.79. The van der Waals surface area contributed by atoms with Gasteiger partial charge in [0.05, 0.1) is 7.11 Å². The normalized spacial score (nSPS) is 19.3. The molecule has 11 heteroatoms. The van der Waals surface area contributed by atoms with E-state index in [-0.39, 0.29) is 17.7 Å². The number of imidazole rings is 1. The maximum absolute atomic E-state index is 12.9. The molecule has 4 aromatic rings. The molecule has 0 spiro atoms. The molecule has 0 bridgehead atoms. The highest BCUT2D eigenvalue weighted by molar-refractivity contribution is 7.15. The molecule has 37 heavy (non-hydrogen) atoms. The Morgan fingerprint density at radius 2 is 2.11 bits per heavy atom. The van der Waals surface area contributed by atoms with Crippen molar-refractivity contribution in [2.75, 3.05) is 24.7 Å². The summed E-state index contributed by atoms with van der Waals surface area (Å²) in [7, 11) is 1.56. The monoisotopic (exact) mass is 517 g/mol. The van der Waals surface area contributed by atoms with Crippen LogP contribution in [-0.2, 0) is 4.79 Å². The van der Waals surface area contributed by atoms with E-state index in [2.05, 4.69) is 15.3 Å². The summed E-state index contributed by atoms with van der Waals surface area (Å²) in [5.41, 5.74) is 8.82. The number of benzene rings is 1. The quantitative estimate of drug-likeness (QED) is 0.411. The van der Waals surface area contributed by atoms with E-state index in [1.54, 1.807) is 31.6 Å². The van der Waals surface area contributed by atoms with Gasteiger partial charge in [0.2, 0.25) is 5.91 Å². The summed E-state index contributed by atoms with van der Waals surface area (Å²) in [4.78, 5) is 41.9. The largest absolute Gasteiger partial charge is 0.496 e. The number of piperidine rings is 1. The van der Waals surface area contributed by atoms with Crippen LogP contribution in [0.2, 0.25) is 0 Å². The van der Waals surface area contributed by atoms with Crippen LogP contribution in [0, 0.1) is 6.92 Å². The van der Waals surface area contributed by atoms with Gasteiger partial charge in [-0.25, -0.2) is 15.0 Å². The zero-order valence-electron chi connectivity index (χ0n) is 20.6. The van der Waals surface area contributed by atoms with E-state index in [4.69, 9.17) is 15.5 Å². The number of nitrogens with zero attached hydrogens (tertiary/aromatic N) is 5. The minimum atomic E-state index is -0.275. The molecule has 3 aromatic heterocycles. The predicted molar refractivity (Wildman–Crippen MR) is 141 cm³/mol. The number of rotatable bonds is 5. The van der Waals surface area contributed by atoms with Crippen molar-refractivity contribution in [1.29, 1.82) is 0 Å². The molecule has 10 nitrogen and oxygen atoms in total. The Labute approximate surface area is 217 Å². The van der Waals surface area contributed by atoms with Crippen LogP contribution in [0.15, 0.2) is 36.8 Å². The summed E-state index contributed by atoms with van der Waals surface area (Å²) in [6.45, 7) is 2.58. The molecular weight excluding hydrogens is 490 g/mol. The van der Waals surface area contributed by atoms with Gasteiger partial charge in [-0.2, -0.15) is 0 Å². The number of carbonyl (C=O) groups is 2. The van der Waals surface area contributed by atoms with Crippen molar-refractivity contribution in [1.82, 2.24) is 24.3 Å². The first kappa shape index (κ1) is 23.4. The van der Waals surface area contributed by atoms with E-state index in [0.29, 0.717) is 58.0 Å². The number of aryl methyl sites for hydroxylation is 1. The molecule has 0 radical (unpaired) electrons. The predicted octanol–water partition coefficient (Wildman–Crippen LogP) is 3.87. The Bertz CT molecular complexity index is 1530. The third-order valence-electron chi connectivity index (χ3n) is 7.25. The Hall–Kier alpha value is -3.99. The average molecular weight is 518 g/mol. The van der Waals surface area contributed by atoms with Gasteiger partial charge in [0.25, 0.3) is 5.91 Å². The molecule has 190 valence electrons. The Morgan fingerprint density at radius 1 is 1.24 bits per heavy atom. The fourth-order valence-electron chi connectivity index (χ4n) is 5.45. The van der Waals surface area contributed by atoms with Crippen molar-refractivity contribution >= 4 is 39.6 Å². The average Bonchev–Trinajstić information content (AvgIpc) is 3.61. The molecule has 3 N–H and O–H groups in total. The smallest absolute Gasteiger partial charge is 0.257 e. The summed E-state index contributed by atoms with van der Waals surface area (Å²) >= 11 is 1.41. The number of thiazole rings is 1. The number of hydrogen-bond donors (Lipinski definition) is 2. The summed E-state index contributed by atoms with van der Waals surface area (Å²) in [6.07, 6.45) is 8.72. The second-order valence-corrected chi connectivity index (χ2v) is 10.7. The van der Waals surface area contributed by atoms with Crippen LogP contribution in [0.4, 0.5) is 10.9 Å². The molecule has 2 aliphatic rings. The van der Waals surface area contributed by atoms with Crippen LogP contribution in [-0.4, -0.2) is 55.8 Å². The molecule has 0 aliphatic carbocycles. The fraction of sp³-hybridized carbons (Fsp3) is 0.346. The Balaban J connectivity index is 1.38. The van der Waals surface area contributed by atoms with Gasteiger partial charge in [-0.3, -0.25) is 19.3 Å². The number of nitrogens with two attached hydrogens (primary N) is 1. The molecule has 0 saturated carbocycles. The van der Waals surface area contributed by atoms with Gasteiger partial charge in [-0.1, -0.05) is 0 Å². The van der Waals surface area contributed by atoms with Crippen molar-refractivity contribution in [3.05, 3.63) is 53.1 Å². The number of aromatic nitrogens is 4. The maximum atomic E-state index is 12.9. The first-order valence-corrected chi connectivity index (χ1v) is 13.1. The fourth-order valence-corrected chi connectivity index (χ4v) is 6.11. The lowest BCUT2D eigenvalue weighted by molar-refractivity contribution is -0.130. The number of nitrogens with one attached hydrogen (secondary N) is 1. The molecule has 6 rings (SSSR count). The van der Waals surface area contributed by atoms with E-state index in [1.165, 1.54) is 11.3 Å². The maximum Gasteiger partial charge on any atom is 0.257 e. The number of amides is 2. The number of methoxy groups -OCH3 is 1. The summed E-state index contributed by atoms with van der Waals surface area (Å²) in [5.74, 6) is 1.73. The summed E-state index contributed by atoms with van der Waals surface area (Å²) in [6, 6.07) is 5.59. The van der Waals surface area contributed by atoms with Crippen molar-refractivity contribution in [3.8, 4) is 17.0 Å². The molecule has 2 atom stereocenters. The molecule has 1 aromatic carbocycles. The topological polar surface area (TPSA) is 128 Å². The van der Waals surface area contributed by atoms with Crippen molar-refractivity contribution in [2.45, 2.75) is 44.6 Å². The number of fused-ring (bicyclic) bond motifs is 2. The number of hydrogen-bond acceptors (Lipinski definition) is 8.